The van der Waals surface area contributed by atoms with Gasteiger partial charge in [-0.25, -0.2) is 0 Å². The summed E-state index contributed by atoms with van der Waals surface area (Å²) >= 11 is 5.07. The van der Waals surface area contributed by atoms with Crippen molar-refractivity contribution < 1.29 is 9.53 Å². The molecule has 1 amide bonds. The molecule has 2 unspecified atom stereocenters. The number of hydrogen-bond acceptors (Lipinski definition) is 3. The minimum Gasteiger partial charge on any atom is -0.496 e. The van der Waals surface area contributed by atoms with Gasteiger partial charge in [0, 0.05) is 17.5 Å². The molecule has 0 saturated heterocycles. The number of thiocarbonyl (C=S) groups is 1. The van der Waals surface area contributed by atoms with Gasteiger partial charge in [0.1, 0.15) is 5.75 Å². The summed E-state index contributed by atoms with van der Waals surface area (Å²) in [6.07, 6.45) is 2.93. The van der Waals surface area contributed by atoms with Crippen molar-refractivity contribution in [2.24, 2.45) is 11.7 Å². The predicted molar refractivity (Wildman–Crippen MR) is 83.1 cm³/mol. The third-order valence-corrected chi connectivity index (χ3v) is 4.17. The van der Waals surface area contributed by atoms with Crippen LogP contribution in [-0.4, -0.2) is 24.0 Å². The van der Waals surface area contributed by atoms with Gasteiger partial charge in [-0.05, 0) is 37.5 Å². The molecule has 20 heavy (non-hydrogen) atoms. The lowest BCUT2D eigenvalue weighted by Crippen LogP contribution is -2.41. The maximum absolute atomic E-state index is 12.3. The normalized spacial score (nSPS) is 21.5. The Bertz CT molecular complexity index is 531. The highest BCUT2D eigenvalue weighted by atomic mass is 32.1. The Hall–Kier alpha value is -1.62. The number of nitrogens with one attached hydrogen (secondary N) is 1. The molecular weight excluding hydrogens is 272 g/mol. The molecular formula is C15H20N2O2S. The van der Waals surface area contributed by atoms with Crippen LogP contribution in [0.2, 0.25) is 0 Å². The summed E-state index contributed by atoms with van der Waals surface area (Å²) in [6, 6.07) is 5.49. The first kappa shape index (κ1) is 14.8. The molecule has 0 aliphatic heterocycles. The van der Waals surface area contributed by atoms with E-state index in [0.29, 0.717) is 10.6 Å². The number of rotatable bonds is 4. The molecule has 1 saturated carbocycles. The lowest BCUT2D eigenvalue weighted by atomic mass is 10.0. The van der Waals surface area contributed by atoms with Crippen LogP contribution < -0.4 is 15.8 Å². The SMILES string of the molecule is COc1cc(C(=O)NC2CCCC2C(N)=S)ccc1C. The summed E-state index contributed by atoms with van der Waals surface area (Å²) in [5.41, 5.74) is 7.33. The molecule has 2 atom stereocenters. The first-order valence-electron chi connectivity index (χ1n) is 6.77. The van der Waals surface area contributed by atoms with E-state index in [-0.39, 0.29) is 17.9 Å². The van der Waals surface area contributed by atoms with Gasteiger partial charge in [-0.1, -0.05) is 24.7 Å². The molecule has 1 fully saturated rings. The molecule has 0 spiro atoms. The standard InChI is InChI=1S/C15H20N2O2S/c1-9-6-7-10(8-13(9)19-2)15(18)17-12-5-3-4-11(12)14(16)20/h6-8,11-12H,3-5H2,1-2H3,(H2,16,20)(H,17,18). The van der Waals surface area contributed by atoms with Crippen molar-refractivity contribution in [3.63, 3.8) is 0 Å². The zero-order chi connectivity index (χ0) is 14.7. The summed E-state index contributed by atoms with van der Waals surface area (Å²) in [6.45, 7) is 1.94. The summed E-state index contributed by atoms with van der Waals surface area (Å²) in [5.74, 6) is 0.729. The average Bonchev–Trinajstić information content (AvgIpc) is 2.87. The molecule has 5 heteroatoms. The number of nitrogens with two attached hydrogens (primary N) is 1. The van der Waals surface area contributed by atoms with Crippen LogP contribution in [0.1, 0.15) is 35.2 Å². The minimum atomic E-state index is -0.101. The van der Waals surface area contributed by atoms with E-state index in [9.17, 15) is 4.79 Å². The fourth-order valence-corrected chi connectivity index (χ4v) is 2.97. The number of carbonyl (C=O) groups is 1. The molecule has 108 valence electrons. The lowest BCUT2D eigenvalue weighted by molar-refractivity contribution is 0.0933. The fraction of sp³-hybridized carbons (Fsp3) is 0.467. The summed E-state index contributed by atoms with van der Waals surface area (Å²) in [5, 5.41) is 3.04. The quantitative estimate of drug-likeness (QED) is 0.835. The van der Waals surface area contributed by atoms with Gasteiger partial charge < -0.3 is 15.8 Å². The van der Waals surface area contributed by atoms with E-state index in [2.05, 4.69) is 5.32 Å². The van der Waals surface area contributed by atoms with E-state index in [1.165, 1.54) is 0 Å². The Labute approximate surface area is 124 Å². The highest BCUT2D eigenvalue weighted by molar-refractivity contribution is 7.80. The van der Waals surface area contributed by atoms with Crippen molar-refractivity contribution in [3.8, 4) is 5.75 Å². The largest absolute Gasteiger partial charge is 0.496 e. The highest BCUT2D eigenvalue weighted by Gasteiger charge is 2.30. The van der Waals surface area contributed by atoms with Crippen molar-refractivity contribution >= 4 is 23.1 Å². The van der Waals surface area contributed by atoms with Gasteiger partial charge >= 0.3 is 0 Å². The van der Waals surface area contributed by atoms with Gasteiger partial charge in [-0.15, -0.1) is 0 Å². The lowest BCUT2D eigenvalue weighted by Gasteiger charge is -2.20. The number of ether oxygens (including phenoxy) is 1. The Morgan fingerprint density at radius 3 is 2.85 bits per heavy atom. The van der Waals surface area contributed by atoms with E-state index in [0.717, 1.165) is 30.6 Å². The predicted octanol–water partition coefficient (Wildman–Crippen LogP) is 2.19. The monoisotopic (exact) mass is 292 g/mol. The Morgan fingerprint density at radius 2 is 2.20 bits per heavy atom. The van der Waals surface area contributed by atoms with Crippen LogP contribution in [0.4, 0.5) is 0 Å². The van der Waals surface area contributed by atoms with Crippen molar-refractivity contribution in [1.82, 2.24) is 5.32 Å². The van der Waals surface area contributed by atoms with E-state index in [1.54, 1.807) is 19.2 Å². The summed E-state index contributed by atoms with van der Waals surface area (Å²) in [7, 11) is 1.60. The van der Waals surface area contributed by atoms with Gasteiger partial charge in [0.15, 0.2) is 0 Å². The van der Waals surface area contributed by atoms with Crippen molar-refractivity contribution in [2.45, 2.75) is 32.2 Å². The Kier molecular flexibility index (Phi) is 4.60. The average molecular weight is 292 g/mol. The highest BCUT2D eigenvalue weighted by Crippen LogP contribution is 2.26. The second-order valence-electron chi connectivity index (χ2n) is 5.20. The Balaban J connectivity index is 2.10. The van der Waals surface area contributed by atoms with Crippen LogP contribution in [0, 0.1) is 12.8 Å². The van der Waals surface area contributed by atoms with Gasteiger partial charge in [0.05, 0.1) is 12.1 Å². The van der Waals surface area contributed by atoms with Crippen LogP contribution in [0.3, 0.4) is 0 Å². The molecule has 0 heterocycles. The molecule has 0 radical (unpaired) electrons. The van der Waals surface area contributed by atoms with Crippen LogP contribution in [0.25, 0.3) is 0 Å². The van der Waals surface area contributed by atoms with Gasteiger partial charge in [0.2, 0.25) is 0 Å². The van der Waals surface area contributed by atoms with Gasteiger partial charge in [0.25, 0.3) is 5.91 Å². The number of benzene rings is 1. The summed E-state index contributed by atoms with van der Waals surface area (Å²) in [4.78, 5) is 12.8. The van der Waals surface area contributed by atoms with Crippen LogP contribution in [-0.2, 0) is 0 Å². The van der Waals surface area contributed by atoms with Crippen molar-refractivity contribution in [1.29, 1.82) is 0 Å². The third kappa shape index (κ3) is 3.10. The number of aryl methyl sites for hydroxylation is 1. The first-order valence-corrected chi connectivity index (χ1v) is 7.18. The second-order valence-corrected chi connectivity index (χ2v) is 5.68. The van der Waals surface area contributed by atoms with E-state index in [1.807, 2.05) is 13.0 Å². The number of methoxy groups -OCH3 is 1. The van der Waals surface area contributed by atoms with Crippen molar-refractivity contribution in [2.75, 3.05) is 7.11 Å². The zero-order valence-electron chi connectivity index (χ0n) is 11.8. The molecule has 3 N–H and O–H groups in total. The first-order chi connectivity index (χ1) is 9.52. The molecule has 1 aromatic rings. The van der Waals surface area contributed by atoms with Gasteiger partial charge in [-0.3, -0.25) is 4.79 Å². The van der Waals surface area contributed by atoms with E-state index in [4.69, 9.17) is 22.7 Å². The molecule has 4 nitrogen and oxygen atoms in total. The molecule has 1 aromatic carbocycles. The maximum atomic E-state index is 12.3. The summed E-state index contributed by atoms with van der Waals surface area (Å²) < 4.78 is 5.24. The maximum Gasteiger partial charge on any atom is 0.251 e. The van der Waals surface area contributed by atoms with Gasteiger partial charge in [-0.2, -0.15) is 0 Å². The Morgan fingerprint density at radius 1 is 1.45 bits per heavy atom. The molecule has 1 aliphatic carbocycles. The number of amides is 1. The van der Waals surface area contributed by atoms with Crippen LogP contribution in [0.5, 0.6) is 5.75 Å². The fourth-order valence-electron chi connectivity index (χ4n) is 2.69. The molecule has 2 rings (SSSR count). The second kappa shape index (κ2) is 6.22. The molecule has 0 bridgehead atoms. The van der Waals surface area contributed by atoms with Crippen molar-refractivity contribution in [3.05, 3.63) is 29.3 Å². The van der Waals surface area contributed by atoms with Crippen LogP contribution in [0.15, 0.2) is 18.2 Å². The number of hydrogen-bond donors (Lipinski definition) is 2. The van der Waals surface area contributed by atoms with E-state index < -0.39 is 0 Å². The third-order valence-electron chi connectivity index (χ3n) is 3.87. The smallest absolute Gasteiger partial charge is 0.251 e. The zero-order valence-corrected chi connectivity index (χ0v) is 12.6. The topological polar surface area (TPSA) is 64.3 Å². The minimum absolute atomic E-state index is 0.0484. The molecule has 0 aromatic heterocycles. The number of carbonyl (C=O) groups excluding carboxylic acids is 1. The van der Waals surface area contributed by atoms with Crippen LogP contribution >= 0.6 is 12.2 Å². The molecule has 1 aliphatic rings. The van der Waals surface area contributed by atoms with E-state index >= 15 is 0 Å².